The van der Waals surface area contributed by atoms with Gasteiger partial charge in [-0.2, -0.15) is 5.10 Å². The Morgan fingerprint density at radius 2 is 1.59 bits per heavy atom. The molecule has 0 radical (unpaired) electrons. The van der Waals surface area contributed by atoms with E-state index in [1.54, 1.807) is 17.0 Å². The molecule has 7 nitrogen and oxygen atoms in total. The number of aliphatic hydroxyl groups excluding tert-OH is 1. The fourth-order valence-electron chi connectivity index (χ4n) is 4.76. The highest BCUT2D eigenvalue weighted by Crippen LogP contribution is 2.32. The Morgan fingerprint density at radius 3 is 2.26 bits per heavy atom. The summed E-state index contributed by atoms with van der Waals surface area (Å²) in [6, 6.07) is 24.0. The van der Waals surface area contributed by atoms with E-state index in [9.17, 15) is 9.90 Å². The minimum absolute atomic E-state index is 0.172. The third-order valence-corrected chi connectivity index (χ3v) is 7.54. The van der Waals surface area contributed by atoms with Crippen LogP contribution in [0.15, 0.2) is 79.0 Å². The molecule has 1 saturated heterocycles. The van der Waals surface area contributed by atoms with Crippen molar-refractivity contribution in [1.82, 2.24) is 14.7 Å². The summed E-state index contributed by atoms with van der Waals surface area (Å²) in [6.45, 7) is 3.30. The number of aryl methyl sites for hydroxylation is 2. The van der Waals surface area contributed by atoms with Gasteiger partial charge in [-0.15, -0.1) is 0 Å². The van der Waals surface area contributed by atoms with Gasteiger partial charge in [-0.3, -0.25) is 4.68 Å². The first-order valence-electron chi connectivity index (χ1n) is 13.1. The van der Waals surface area contributed by atoms with Crippen molar-refractivity contribution in [2.75, 3.05) is 36.4 Å². The minimum Gasteiger partial charge on any atom is -0.392 e. The molecule has 0 bridgehead atoms. The number of piperazine rings is 1. The van der Waals surface area contributed by atoms with Crippen LogP contribution in [0.2, 0.25) is 10.0 Å². The molecule has 0 aliphatic carbocycles. The fourth-order valence-corrected chi connectivity index (χ4v) is 5.39. The molecule has 0 unspecified atom stereocenters. The van der Waals surface area contributed by atoms with Gasteiger partial charge in [0.25, 0.3) is 0 Å². The van der Waals surface area contributed by atoms with Crippen LogP contribution in [0.4, 0.5) is 16.2 Å². The highest BCUT2D eigenvalue weighted by Gasteiger charge is 2.23. The van der Waals surface area contributed by atoms with Crippen LogP contribution in [0.3, 0.4) is 0 Å². The van der Waals surface area contributed by atoms with Crippen LogP contribution in [0, 0.1) is 0 Å². The Balaban J connectivity index is 1.12. The summed E-state index contributed by atoms with van der Waals surface area (Å²) in [7, 11) is 0. The average molecular weight is 565 g/mol. The van der Waals surface area contributed by atoms with Crippen molar-refractivity contribution in [2.24, 2.45) is 0 Å². The quantitative estimate of drug-likeness (QED) is 0.262. The Kier molecular flexibility index (Phi) is 8.71. The lowest BCUT2D eigenvalue weighted by Crippen LogP contribution is -2.50. The first-order valence-corrected chi connectivity index (χ1v) is 13.8. The van der Waals surface area contributed by atoms with Crippen LogP contribution in [0.5, 0.6) is 0 Å². The summed E-state index contributed by atoms with van der Waals surface area (Å²) in [6.07, 6.45) is 4.13. The summed E-state index contributed by atoms with van der Waals surface area (Å²) in [5.41, 5.74) is 5.47. The normalized spacial score (nSPS) is 13.5. The van der Waals surface area contributed by atoms with E-state index in [2.05, 4.69) is 64.8 Å². The number of aliphatic hydroxyl groups is 1. The zero-order valence-corrected chi connectivity index (χ0v) is 23.1. The molecule has 2 heterocycles. The second kappa shape index (κ2) is 12.6. The van der Waals surface area contributed by atoms with Crippen molar-refractivity contribution in [2.45, 2.75) is 26.0 Å². The van der Waals surface area contributed by atoms with Gasteiger partial charge >= 0.3 is 6.03 Å². The average Bonchev–Trinajstić information content (AvgIpc) is 3.44. The summed E-state index contributed by atoms with van der Waals surface area (Å²) < 4.78 is 2.01. The Hall–Kier alpha value is -3.52. The maximum absolute atomic E-state index is 12.8. The van der Waals surface area contributed by atoms with Crippen molar-refractivity contribution in [3.63, 3.8) is 0 Å². The second-order valence-electron chi connectivity index (χ2n) is 9.60. The Morgan fingerprint density at radius 1 is 0.897 bits per heavy atom. The SMILES string of the molecule is O=C(Nc1c(Cl)cc(CO)cc1Cl)N1CCN(c2ccc(-c3ccn(CCCc4ccccc4)n3)cc2)CC1. The number of anilines is 2. The number of nitrogens with one attached hydrogen (secondary N) is 1. The fraction of sp³-hybridized carbons (Fsp3) is 0.267. The van der Waals surface area contributed by atoms with Crippen molar-refractivity contribution in [3.05, 3.63) is 100 Å². The highest BCUT2D eigenvalue weighted by atomic mass is 35.5. The maximum Gasteiger partial charge on any atom is 0.322 e. The minimum atomic E-state index is -0.245. The van der Waals surface area contributed by atoms with E-state index in [0.717, 1.165) is 36.3 Å². The third-order valence-electron chi connectivity index (χ3n) is 6.95. The van der Waals surface area contributed by atoms with E-state index < -0.39 is 0 Å². The molecule has 39 heavy (non-hydrogen) atoms. The number of carbonyl (C=O) groups excluding carboxylic acids is 1. The third kappa shape index (κ3) is 6.74. The zero-order valence-electron chi connectivity index (χ0n) is 21.6. The van der Waals surface area contributed by atoms with Gasteiger partial charge in [0.2, 0.25) is 0 Å². The van der Waals surface area contributed by atoms with Gasteiger partial charge in [-0.05, 0) is 54.3 Å². The zero-order chi connectivity index (χ0) is 27.2. The van der Waals surface area contributed by atoms with Crippen molar-refractivity contribution >= 4 is 40.6 Å². The van der Waals surface area contributed by atoms with Crippen LogP contribution in [-0.2, 0) is 19.6 Å². The molecule has 2 amide bonds. The lowest BCUT2D eigenvalue weighted by atomic mass is 10.1. The first-order chi connectivity index (χ1) is 19.0. The van der Waals surface area contributed by atoms with E-state index in [1.807, 2.05) is 16.9 Å². The number of hydrogen-bond donors (Lipinski definition) is 2. The van der Waals surface area contributed by atoms with E-state index >= 15 is 0 Å². The van der Waals surface area contributed by atoms with Crippen LogP contribution in [0.25, 0.3) is 11.3 Å². The largest absolute Gasteiger partial charge is 0.392 e. The lowest BCUT2D eigenvalue weighted by molar-refractivity contribution is 0.208. The molecule has 3 aromatic carbocycles. The molecule has 1 fully saturated rings. The van der Waals surface area contributed by atoms with Gasteiger partial charge in [0.1, 0.15) is 0 Å². The number of carbonyl (C=O) groups is 1. The number of aromatic nitrogens is 2. The lowest BCUT2D eigenvalue weighted by Gasteiger charge is -2.36. The molecule has 1 aliphatic heterocycles. The van der Waals surface area contributed by atoms with Crippen LogP contribution < -0.4 is 10.2 Å². The summed E-state index contributed by atoms with van der Waals surface area (Å²) in [5, 5.41) is 17.5. The number of benzene rings is 3. The van der Waals surface area contributed by atoms with E-state index in [4.69, 9.17) is 28.3 Å². The molecule has 202 valence electrons. The number of amides is 2. The molecule has 0 saturated carbocycles. The highest BCUT2D eigenvalue weighted by molar-refractivity contribution is 6.39. The molecule has 9 heteroatoms. The molecule has 0 atom stereocenters. The van der Waals surface area contributed by atoms with Gasteiger partial charge in [-0.1, -0.05) is 65.7 Å². The van der Waals surface area contributed by atoms with E-state index in [1.165, 1.54) is 5.56 Å². The molecule has 1 aromatic heterocycles. The number of hydrogen-bond acceptors (Lipinski definition) is 4. The Labute approximate surface area is 238 Å². The molecule has 1 aliphatic rings. The summed E-state index contributed by atoms with van der Waals surface area (Å²) in [5.74, 6) is 0. The first kappa shape index (κ1) is 27.1. The van der Waals surface area contributed by atoms with Gasteiger partial charge in [0, 0.05) is 50.2 Å². The smallest absolute Gasteiger partial charge is 0.322 e. The molecule has 4 aromatic rings. The van der Waals surface area contributed by atoms with Crippen molar-refractivity contribution < 1.29 is 9.90 Å². The van der Waals surface area contributed by atoms with E-state index in [0.29, 0.717) is 47.5 Å². The summed E-state index contributed by atoms with van der Waals surface area (Å²) in [4.78, 5) is 16.9. The predicted molar refractivity (Wildman–Crippen MR) is 158 cm³/mol. The molecule has 5 rings (SSSR count). The number of urea groups is 1. The molecule has 0 spiro atoms. The van der Waals surface area contributed by atoms with E-state index in [-0.39, 0.29) is 12.6 Å². The van der Waals surface area contributed by atoms with Crippen LogP contribution >= 0.6 is 23.2 Å². The molecular formula is C30H31Cl2N5O2. The van der Waals surface area contributed by atoms with Gasteiger partial charge in [0.05, 0.1) is 28.0 Å². The topological polar surface area (TPSA) is 73.6 Å². The monoisotopic (exact) mass is 563 g/mol. The van der Waals surface area contributed by atoms with Crippen LogP contribution in [-0.4, -0.2) is 52.0 Å². The number of rotatable bonds is 8. The maximum atomic E-state index is 12.8. The van der Waals surface area contributed by atoms with Crippen LogP contribution in [0.1, 0.15) is 17.5 Å². The number of halogens is 2. The predicted octanol–water partition coefficient (Wildman–Crippen LogP) is 6.34. The van der Waals surface area contributed by atoms with Gasteiger partial charge < -0.3 is 20.2 Å². The van der Waals surface area contributed by atoms with Crippen molar-refractivity contribution in [3.8, 4) is 11.3 Å². The number of nitrogens with zero attached hydrogens (tertiary/aromatic N) is 4. The molecular weight excluding hydrogens is 533 g/mol. The van der Waals surface area contributed by atoms with Crippen molar-refractivity contribution in [1.29, 1.82) is 0 Å². The standard InChI is InChI=1S/C30H31Cl2N5O2/c31-26-19-23(21-38)20-27(32)29(26)33-30(39)36-17-15-35(16-18-36)25-10-8-24(9-11-25)28-12-14-37(34-28)13-4-7-22-5-2-1-3-6-22/h1-3,5-6,8-12,14,19-20,38H,4,7,13,15-18,21H2,(H,33,39). The van der Waals surface area contributed by atoms with Gasteiger partial charge in [0.15, 0.2) is 0 Å². The molecule has 2 N–H and O–H groups in total. The summed E-state index contributed by atoms with van der Waals surface area (Å²) >= 11 is 12.5. The van der Waals surface area contributed by atoms with Gasteiger partial charge in [-0.25, -0.2) is 4.79 Å². The Bertz CT molecular complexity index is 1380. The second-order valence-corrected chi connectivity index (χ2v) is 10.4.